The SMILES string of the molecule is CC(=O)N1CC[NH+](C[C@H]2C(=O)O[C@@H]3C[C@@]4(C)CCC[C@]5(CO5)[C@H]4C[C@@H]32)CC1. The summed E-state index contributed by atoms with van der Waals surface area (Å²) in [6.45, 7) is 9.32. The van der Waals surface area contributed by atoms with Crippen LogP contribution in [0.25, 0.3) is 0 Å². The van der Waals surface area contributed by atoms with Gasteiger partial charge in [0.05, 0.1) is 44.9 Å². The lowest BCUT2D eigenvalue weighted by Gasteiger charge is -2.51. The fourth-order valence-corrected chi connectivity index (χ4v) is 6.84. The zero-order valence-electron chi connectivity index (χ0n) is 16.7. The maximum absolute atomic E-state index is 12.7. The van der Waals surface area contributed by atoms with E-state index in [1.165, 1.54) is 24.2 Å². The molecular formula is C21H33N2O4+. The Bertz CT molecular complexity index is 640. The van der Waals surface area contributed by atoms with E-state index in [1.807, 2.05) is 4.90 Å². The number of epoxide rings is 1. The number of nitrogens with zero attached hydrogens (tertiary/aromatic N) is 1. The van der Waals surface area contributed by atoms with E-state index in [2.05, 4.69) is 6.92 Å². The maximum atomic E-state index is 12.7. The summed E-state index contributed by atoms with van der Waals surface area (Å²) >= 11 is 0. The minimum Gasteiger partial charge on any atom is -0.462 e. The Morgan fingerprint density at radius 3 is 2.70 bits per heavy atom. The van der Waals surface area contributed by atoms with Crippen LogP contribution in [-0.2, 0) is 19.1 Å². The average Bonchev–Trinajstić information content (AvgIpc) is 3.33. The van der Waals surface area contributed by atoms with Gasteiger partial charge in [0.25, 0.3) is 0 Å². The number of carbonyl (C=O) groups excluding carboxylic acids is 2. The molecule has 3 aliphatic heterocycles. The average molecular weight is 378 g/mol. The van der Waals surface area contributed by atoms with Crippen LogP contribution >= 0.6 is 0 Å². The van der Waals surface area contributed by atoms with Gasteiger partial charge >= 0.3 is 5.97 Å². The number of nitrogens with one attached hydrogen (secondary N) is 1. The lowest BCUT2D eigenvalue weighted by molar-refractivity contribution is -0.906. The molecule has 27 heavy (non-hydrogen) atoms. The largest absolute Gasteiger partial charge is 0.462 e. The minimum absolute atomic E-state index is 0.0242. The quantitative estimate of drug-likeness (QED) is 0.554. The van der Waals surface area contributed by atoms with Crippen LogP contribution in [-0.4, -0.2) is 67.8 Å². The lowest BCUT2D eigenvalue weighted by Crippen LogP contribution is -3.15. The summed E-state index contributed by atoms with van der Waals surface area (Å²) in [7, 11) is 0. The van der Waals surface area contributed by atoms with E-state index in [0.717, 1.165) is 52.2 Å². The van der Waals surface area contributed by atoms with Crippen LogP contribution in [0.1, 0.15) is 46.0 Å². The van der Waals surface area contributed by atoms with Crippen molar-refractivity contribution in [3.63, 3.8) is 0 Å². The molecule has 5 aliphatic rings. The van der Waals surface area contributed by atoms with E-state index < -0.39 is 0 Å². The first-order valence-corrected chi connectivity index (χ1v) is 10.8. The molecule has 0 radical (unpaired) electrons. The van der Waals surface area contributed by atoms with Crippen molar-refractivity contribution in [3.05, 3.63) is 0 Å². The Balaban J connectivity index is 1.28. The van der Waals surface area contributed by atoms with Crippen molar-refractivity contribution in [2.45, 2.75) is 57.7 Å². The standard InChI is InChI=1S/C21H32N2O4/c1-14(24)23-8-6-22(7-9-23)12-16-15-10-18-20(2,11-17(15)27-19(16)25)4-3-5-21(18)13-26-21/h15-18H,3-13H2,1-2H3/p+1/t15-,16-,17-,18+,20-,21+/m1/s1. The number of amides is 1. The van der Waals surface area contributed by atoms with Crippen molar-refractivity contribution in [2.75, 3.05) is 39.3 Å². The van der Waals surface area contributed by atoms with Crippen LogP contribution in [0.4, 0.5) is 0 Å². The lowest BCUT2D eigenvalue weighted by atomic mass is 9.53. The Morgan fingerprint density at radius 2 is 2.04 bits per heavy atom. The molecule has 0 unspecified atom stereocenters. The van der Waals surface area contributed by atoms with E-state index in [1.54, 1.807) is 6.92 Å². The van der Waals surface area contributed by atoms with Crippen LogP contribution in [0.15, 0.2) is 0 Å². The van der Waals surface area contributed by atoms with Gasteiger partial charge in [-0.25, -0.2) is 0 Å². The van der Waals surface area contributed by atoms with Gasteiger partial charge in [-0.3, -0.25) is 9.59 Å². The van der Waals surface area contributed by atoms with Crippen molar-refractivity contribution in [2.24, 2.45) is 23.2 Å². The van der Waals surface area contributed by atoms with E-state index in [9.17, 15) is 9.59 Å². The Hall–Kier alpha value is -1.14. The van der Waals surface area contributed by atoms with Crippen molar-refractivity contribution < 1.29 is 24.0 Å². The van der Waals surface area contributed by atoms with Crippen molar-refractivity contribution in [1.29, 1.82) is 0 Å². The van der Waals surface area contributed by atoms with E-state index in [0.29, 0.717) is 11.8 Å². The molecule has 3 saturated heterocycles. The first-order chi connectivity index (χ1) is 12.9. The number of piperazine rings is 1. The number of fused-ring (bicyclic) bond motifs is 3. The smallest absolute Gasteiger partial charge is 0.315 e. The number of hydrogen-bond donors (Lipinski definition) is 1. The second kappa shape index (κ2) is 6.18. The Kier molecular flexibility index (Phi) is 4.10. The van der Waals surface area contributed by atoms with E-state index >= 15 is 0 Å². The minimum atomic E-state index is 0.0242. The van der Waals surface area contributed by atoms with Crippen LogP contribution in [0.2, 0.25) is 0 Å². The first-order valence-electron chi connectivity index (χ1n) is 10.8. The summed E-state index contributed by atoms with van der Waals surface area (Å²) in [5.41, 5.74) is 0.388. The molecule has 1 spiro atoms. The molecule has 1 amide bonds. The van der Waals surface area contributed by atoms with E-state index in [4.69, 9.17) is 9.47 Å². The summed E-state index contributed by atoms with van der Waals surface area (Å²) in [6.07, 6.45) is 5.89. The first kappa shape index (κ1) is 17.9. The summed E-state index contributed by atoms with van der Waals surface area (Å²) in [5.74, 6) is 1.15. The molecule has 2 saturated carbocycles. The van der Waals surface area contributed by atoms with Gasteiger partial charge in [-0.05, 0) is 43.4 Å². The van der Waals surface area contributed by atoms with Crippen LogP contribution in [0, 0.1) is 23.2 Å². The molecule has 0 aromatic heterocycles. The highest BCUT2D eigenvalue weighted by molar-refractivity contribution is 5.75. The third-order valence-electron chi connectivity index (χ3n) is 8.50. The third kappa shape index (κ3) is 2.91. The molecular weight excluding hydrogens is 344 g/mol. The Labute approximate surface area is 161 Å². The molecule has 1 N–H and O–H groups in total. The van der Waals surface area contributed by atoms with Gasteiger partial charge in [0.15, 0.2) is 0 Å². The maximum Gasteiger partial charge on any atom is 0.315 e. The second-order valence-electron chi connectivity index (χ2n) is 10.1. The molecule has 6 atom stereocenters. The van der Waals surface area contributed by atoms with Gasteiger partial charge in [0.2, 0.25) is 5.91 Å². The number of rotatable bonds is 2. The van der Waals surface area contributed by atoms with Gasteiger partial charge in [0, 0.05) is 12.8 Å². The van der Waals surface area contributed by atoms with Gasteiger partial charge in [-0.2, -0.15) is 0 Å². The van der Waals surface area contributed by atoms with Gasteiger partial charge in [-0.15, -0.1) is 0 Å². The summed E-state index contributed by atoms with van der Waals surface area (Å²) in [5, 5.41) is 0. The Morgan fingerprint density at radius 1 is 1.30 bits per heavy atom. The second-order valence-corrected chi connectivity index (χ2v) is 10.1. The molecule has 0 aromatic rings. The highest BCUT2D eigenvalue weighted by Crippen LogP contribution is 2.62. The molecule has 5 fully saturated rings. The van der Waals surface area contributed by atoms with Gasteiger partial charge in [0.1, 0.15) is 12.0 Å². The summed E-state index contributed by atoms with van der Waals surface area (Å²) < 4.78 is 11.9. The molecule has 150 valence electrons. The van der Waals surface area contributed by atoms with E-state index in [-0.39, 0.29) is 34.9 Å². The number of quaternary nitrogens is 1. The summed E-state index contributed by atoms with van der Waals surface area (Å²) in [4.78, 5) is 27.7. The molecule has 6 heteroatoms. The van der Waals surface area contributed by atoms with Crippen molar-refractivity contribution in [3.8, 4) is 0 Å². The number of hydrogen-bond acceptors (Lipinski definition) is 4. The van der Waals surface area contributed by atoms with Crippen molar-refractivity contribution in [1.82, 2.24) is 4.90 Å². The predicted molar refractivity (Wildman–Crippen MR) is 98.0 cm³/mol. The van der Waals surface area contributed by atoms with Gasteiger partial charge < -0.3 is 19.3 Å². The zero-order valence-corrected chi connectivity index (χ0v) is 16.7. The zero-order chi connectivity index (χ0) is 18.8. The molecule has 3 heterocycles. The highest BCUT2D eigenvalue weighted by Gasteiger charge is 2.65. The highest BCUT2D eigenvalue weighted by atomic mass is 16.6. The molecule has 0 bridgehead atoms. The van der Waals surface area contributed by atoms with Crippen LogP contribution in [0.5, 0.6) is 0 Å². The van der Waals surface area contributed by atoms with Gasteiger partial charge in [-0.1, -0.05) is 6.92 Å². The molecule has 0 aromatic carbocycles. The monoisotopic (exact) mass is 377 g/mol. The topological polar surface area (TPSA) is 63.6 Å². The third-order valence-corrected chi connectivity index (χ3v) is 8.50. The predicted octanol–water partition coefficient (Wildman–Crippen LogP) is 0.260. The normalized spacial score (nSPS) is 46.7. The number of carbonyl (C=O) groups is 2. The fraction of sp³-hybridized carbons (Fsp3) is 0.905. The molecule has 6 nitrogen and oxygen atoms in total. The fourth-order valence-electron chi connectivity index (χ4n) is 6.84. The van der Waals surface area contributed by atoms with Crippen LogP contribution < -0.4 is 4.90 Å². The molecule has 2 aliphatic carbocycles. The van der Waals surface area contributed by atoms with Crippen LogP contribution in [0.3, 0.4) is 0 Å². The number of esters is 1. The molecule has 5 rings (SSSR count). The number of ether oxygens (including phenoxy) is 2. The summed E-state index contributed by atoms with van der Waals surface area (Å²) in [6, 6.07) is 0. The van der Waals surface area contributed by atoms with Crippen molar-refractivity contribution >= 4 is 11.9 Å².